The van der Waals surface area contributed by atoms with Crippen LogP contribution >= 0.6 is 0 Å². The molecule has 0 heterocycles. The Bertz CT molecular complexity index is 698. The molecular weight excluding hydrogens is 273 g/mol. The number of carbonyl (C=O) groups excluding carboxylic acids is 1. The van der Waals surface area contributed by atoms with Crippen molar-refractivity contribution in [1.29, 1.82) is 0 Å². The minimum atomic E-state index is -1.08. The van der Waals surface area contributed by atoms with Crippen molar-refractivity contribution in [3.8, 4) is 0 Å². The number of carboxylic acids is 1. The molecule has 0 bridgehead atoms. The van der Waals surface area contributed by atoms with Crippen LogP contribution in [0.4, 0.5) is 10.1 Å². The number of benzene rings is 2. The maximum atomic E-state index is 13.4. The summed E-state index contributed by atoms with van der Waals surface area (Å²) in [6.07, 6.45) is -0.0849. The van der Waals surface area contributed by atoms with Gasteiger partial charge in [0.2, 0.25) is 5.91 Å². The van der Waals surface area contributed by atoms with Crippen molar-refractivity contribution in [2.45, 2.75) is 13.3 Å². The molecule has 2 N–H and O–H groups in total. The third-order valence-corrected chi connectivity index (χ3v) is 3.14. The number of carbonyl (C=O) groups is 2. The van der Waals surface area contributed by atoms with Crippen LogP contribution in [0, 0.1) is 12.7 Å². The second-order valence-corrected chi connectivity index (χ2v) is 4.60. The molecule has 2 aromatic rings. The Morgan fingerprint density at radius 1 is 1.14 bits per heavy atom. The molecular formula is C16H14FNO3. The van der Waals surface area contributed by atoms with Crippen LogP contribution in [-0.2, 0) is 11.2 Å². The minimum Gasteiger partial charge on any atom is -0.478 e. The van der Waals surface area contributed by atoms with Crippen molar-refractivity contribution in [2.75, 3.05) is 5.32 Å². The predicted molar refractivity (Wildman–Crippen MR) is 76.9 cm³/mol. The summed E-state index contributed by atoms with van der Waals surface area (Å²) in [6, 6.07) is 10.7. The molecule has 0 fully saturated rings. The van der Waals surface area contributed by atoms with Crippen LogP contribution in [0.5, 0.6) is 0 Å². The molecule has 0 aliphatic heterocycles. The van der Waals surface area contributed by atoms with E-state index in [1.54, 1.807) is 31.2 Å². The second-order valence-electron chi connectivity index (χ2n) is 4.60. The summed E-state index contributed by atoms with van der Waals surface area (Å²) >= 11 is 0. The van der Waals surface area contributed by atoms with Crippen molar-refractivity contribution in [3.63, 3.8) is 0 Å². The van der Waals surface area contributed by atoms with Gasteiger partial charge in [0.05, 0.1) is 12.0 Å². The number of carboxylic acid groups (broad SMARTS) is 1. The highest BCUT2D eigenvalue weighted by atomic mass is 19.1. The highest BCUT2D eigenvalue weighted by Gasteiger charge is 2.13. The van der Waals surface area contributed by atoms with E-state index in [0.717, 1.165) is 0 Å². The van der Waals surface area contributed by atoms with Crippen LogP contribution < -0.4 is 5.32 Å². The van der Waals surface area contributed by atoms with Gasteiger partial charge >= 0.3 is 5.97 Å². The van der Waals surface area contributed by atoms with Crippen molar-refractivity contribution in [3.05, 3.63) is 65.0 Å². The smallest absolute Gasteiger partial charge is 0.335 e. The Kier molecular flexibility index (Phi) is 4.33. The van der Waals surface area contributed by atoms with Gasteiger partial charge in [-0.15, -0.1) is 0 Å². The molecule has 0 atom stereocenters. The van der Waals surface area contributed by atoms with Gasteiger partial charge in [-0.3, -0.25) is 4.79 Å². The molecule has 0 aliphatic rings. The highest BCUT2D eigenvalue weighted by molar-refractivity contribution is 5.96. The summed E-state index contributed by atoms with van der Waals surface area (Å²) in [4.78, 5) is 23.1. The first-order valence-electron chi connectivity index (χ1n) is 6.35. The maximum absolute atomic E-state index is 13.4. The molecule has 0 spiro atoms. The minimum absolute atomic E-state index is 0.0849. The van der Waals surface area contributed by atoms with Gasteiger partial charge < -0.3 is 10.4 Å². The second kappa shape index (κ2) is 6.17. The van der Waals surface area contributed by atoms with E-state index in [0.29, 0.717) is 16.8 Å². The average molecular weight is 287 g/mol. The standard InChI is InChI=1S/C16H14FNO3/c1-10-13(17)7-4-8-14(10)18-15(19)9-11-5-2-3-6-12(11)16(20)21/h2-8H,9H2,1H3,(H,18,19)(H,20,21). The molecule has 1 amide bonds. The van der Waals surface area contributed by atoms with Crippen molar-refractivity contribution in [2.24, 2.45) is 0 Å². The molecule has 2 rings (SSSR count). The normalized spacial score (nSPS) is 10.2. The summed E-state index contributed by atoms with van der Waals surface area (Å²) in [7, 11) is 0. The van der Waals surface area contributed by atoms with E-state index in [4.69, 9.17) is 5.11 Å². The zero-order valence-corrected chi connectivity index (χ0v) is 11.4. The van der Waals surface area contributed by atoms with Gasteiger partial charge in [0, 0.05) is 11.3 Å². The van der Waals surface area contributed by atoms with E-state index >= 15 is 0 Å². The molecule has 108 valence electrons. The number of anilines is 1. The number of aromatic carboxylic acids is 1. The molecule has 0 aromatic heterocycles. The number of rotatable bonds is 4. The lowest BCUT2D eigenvalue weighted by Gasteiger charge is -2.10. The Morgan fingerprint density at radius 3 is 2.57 bits per heavy atom. The number of halogens is 1. The summed E-state index contributed by atoms with van der Waals surface area (Å²) in [5, 5.41) is 11.7. The van der Waals surface area contributed by atoms with Crippen LogP contribution in [-0.4, -0.2) is 17.0 Å². The van der Waals surface area contributed by atoms with Gasteiger partial charge in [0.25, 0.3) is 0 Å². The van der Waals surface area contributed by atoms with Crippen molar-refractivity contribution in [1.82, 2.24) is 0 Å². The zero-order valence-electron chi connectivity index (χ0n) is 11.4. The molecule has 5 heteroatoms. The van der Waals surface area contributed by atoms with E-state index < -0.39 is 17.7 Å². The van der Waals surface area contributed by atoms with Crippen LogP contribution in [0.1, 0.15) is 21.5 Å². The largest absolute Gasteiger partial charge is 0.478 e. The van der Waals surface area contributed by atoms with E-state index in [2.05, 4.69) is 5.32 Å². The highest BCUT2D eigenvalue weighted by Crippen LogP contribution is 2.18. The van der Waals surface area contributed by atoms with E-state index in [1.165, 1.54) is 18.2 Å². The molecule has 0 unspecified atom stereocenters. The van der Waals surface area contributed by atoms with Crippen LogP contribution in [0.15, 0.2) is 42.5 Å². The number of hydrogen-bond donors (Lipinski definition) is 2. The zero-order chi connectivity index (χ0) is 15.4. The van der Waals surface area contributed by atoms with Gasteiger partial charge in [0.15, 0.2) is 0 Å². The quantitative estimate of drug-likeness (QED) is 0.908. The molecule has 2 aromatic carbocycles. The first-order valence-corrected chi connectivity index (χ1v) is 6.35. The van der Waals surface area contributed by atoms with Crippen LogP contribution in [0.25, 0.3) is 0 Å². The van der Waals surface area contributed by atoms with Gasteiger partial charge in [0.1, 0.15) is 5.82 Å². The maximum Gasteiger partial charge on any atom is 0.335 e. The lowest BCUT2D eigenvalue weighted by Crippen LogP contribution is -2.17. The number of amides is 1. The van der Waals surface area contributed by atoms with Gasteiger partial charge in [-0.25, -0.2) is 9.18 Å². The molecule has 0 saturated carbocycles. The monoisotopic (exact) mass is 287 g/mol. The van der Waals surface area contributed by atoms with Gasteiger partial charge in [-0.05, 0) is 30.7 Å². The Labute approximate surface area is 121 Å². The van der Waals surface area contributed by atoms with Crippen LogP contribution in [0.2, 0.25) is 0 Å². The fraction of sp³-hybridized carbons (Fsp3) is 0.125. The van der Waals surface area contributed by atoms with E-state index in [1.807, 2.05) is 0 Å². The Balaban J connectivity index is 2.16. The SMILES string of the molecule is Cc1c(F)cccc1NC(=O)Cc1ccccc1C(=O)O. The van der Waals surface area contributed by atoms with Gasteiger partial charge in [-0.2, -0.15) is 0 Å². The number of nitrogens with one attached hydrogen (secondary N) is 1. The lowest BCUT2D eigenvalue weighted by molar-refractivity contribution is -0.115. The van der Waals surface area contributed by atoms with Crippen LogP contribution in [0.3, 0.4) is 0 Å². The third-order valence-electron chi connectivity index (χ3n) is 3.14. The van der Waals surface area contributed by atoms with E-state index in [9.17, 15) is 14.0 Å². The number of hydrogen-bond acceptors (Lipinski definition) is 2. The topological polar surface area (TPSA) is 66.4 Å². The molecule has 0 saturated heterocycles. The lowest BCUT2D eigenvalue weighted by atomic mass is 10.0. The summed E-state index contributed by atoms with van der Waals surface area (Å²) in [5.41, 5.74) is 1.23. The summed E-state index contributed by atoms with van der Waals surface area (Å²) in [5.74, 6) is -1.88. The Morgan fingerprint density at radius 2 is 1.86 bits per heavy atom. The fourth-order valence-corrected chi connectivity index (χ4v) is 1.99. The van der Waals surface area contributed by atoms with Crippen molar-refractivity contribution < 1.29 is 19.1 Å². The average Bonchev–Trinajstić information content (AvgIpc) is 2.44. The third kappa shape index (κ3) is 3.45. The molecule has 21 heavy (non-hydrogen) atoms. The Hall–Kier alpha value is -2.69. The first-order chi connectivity index (χ1) is 9.99. The summed E-state index contributed by atoms with van der Waals surface area (Å²) < 4.78 is 13.4. The van der Waals surface area contributed by atoms with Gasteiger partial charge in [-0.1, -0.05) is 24.3 Å². The predicted octanol–water partition coefficient (Wildman–Crippen LogP) is 3.01. The first kappa shape index (κ1) is 14.7. The summed E-state index contributed by atoms with van der Waals surface area (Å²) in [6.45, 7) is 1.57. The van der Waals surface area contributed by atoms with Crippen molar-refractivity contribution >= 4 is 17.6 Å². The molecule has 0 radical (unpaired) electrons. The molecule has 4 nitrogen and oxygen atoms in total. The molecule has 0 aliphatic carbocycles. The van der Waals surface area contributed by atoms with E-state index in [-0.39, 0.29) is 12.0 Å². The fourth-order valence-electron chi connectivity index (χ4n) is 1.99.